The van der Waals surface area contributed by atoms with Crippen LogP contribution in [-0.4, -0.2) is 57.2 Å². The van der Waals surface area contributed by atoms with Gasteiger partial charge >= 0.3 is 11.9 Å². The first-order valence-corrected chi connectivity index (χ1v) is 6.77. The van der Waals surface area contributed by atoms with Crippen LogP contribution < -0.4 is 4.74 Å². The number of carbonyl (C=O) groups excluding carboxylic acids is 1. The SMILES string of the molecule is COC(=O)Cc1cccc(OCCOCCOCC(=O)O)c1. The van der Waals surface area contributed by atoms with Gasteiger partial charge in [-0.25, -0.2) is 4.79 Å². The number of carboxylic acid groups (broad SMARTS) is 1. The quantitative estimate of drug-likeness (QED) is 0.479. The van der Waals surface area contributed by atoms with E-state index in [9.17, 15) is 9.59 Å². The highest BCUT2D eigenvalue weighted by Crippen LogP contribution is 2.14. The maximum atomic E-state index is 11.2. The Balaban J connectivity index is 2.15. The molecule has 1 rings (SSSR count). The molecule has 22 heavy (non-hydrogen) atoms. The fraction of sp³-hybridized carbons (Fsp3) is 0.467. The van der Waals surface area contributed by atoms with Crippen molar-refractivity contribution < 1.29 is 33.6 Å². The fourth-order valence-corrected chi connectivity index (χ4v) is 1.58. The van der Waals surface area contributed by atoms with Gasteiger partial charge in [0, 0.05) is 0 Å². The maximum Gasteiger partial charge on any atom is 0.329 e. The molecule has 0 unspecified atom stereocenters. The van der Waals surface area contributed by atoms with Gasteiger partial charge < -0.3 is 24.1 Å². The van der Waals surface area contributed by atoms with Crippen molar-refractivity contribution in [3.05, 3.63) is 29.8 Å². The molecule has 0 saturated heterocycles. The second kappa shape index (κ2) is 10.6. The summed E-state index contributed by atoms with van der Waals surface area (Å²) in [5.74, 6) is -0.663. The molecule has 7 nitrogen and oxygen atoms in total. The van der Waals surface area contributed by atoms with Crippen LogP contribution in [0, 0.1) is 0 Å². The number of carboxylic acids is 1. The van der Waals surface area contributed by atoms with Gasteiger partial charge in [0.25, 0.3) is 0 Å². The van der Waals surface area contributed by atoms with Crippen LogP contribution in [0.3, 0.4) is 0 Å². The molecule has 0 bridgehead atoms. The predicted octanol–water partition coefficient (Wildman–Crippen LogP) is 0.899. The van der Waals surface area contributed by atoms with E-state index in [1.54, 1.807) is 18.2 Å². The van der Waals surface area contributed by atoms with Crippen LogP contribution >= 0.6 is 0 Å². The summed E-state index contributed by atoms with van der Waals surface area (Å²) < 4.78 is 20.1. The Labute approximate surface area is 128 Å². The molecule has 0 amide bonds. The molecule has 0 atom stereocenters. The van der Waals surface area contributed by atoms with Gasteiger partial charge in [0.15, 0.2) is 0 Å². The molecule has 0 aliphatic carbocycles. The van der Waals surface area contributed by atoms with E-state index in [1.165, 1.54) is 7.11 Å². The van der Waals surface area contributed by atoms with E-state index in [1.807, 2.05) is 6.07 Å². The molecule has 0 saturated carbocycles. The van der Waals surface area contributed by atoms with Crippen LogP contribution in [0.5, 0.6) is 5.75 Å². The van der Waals surface area contributed by atoms with Crippen LogP contribution in [0.1, 0.15) is 5.56 Å². The second-order valence-electron chi connectivity index (χ2n) is 4.31. The van der Waals surface area contributed by atoms with E-state index in [0.717, 1.165) is 5.56 Å². The van der Waals surface area contributed by atoms with Crippen molar-refractivity contribution in [3.8, 4) is 5.75 Å². The maximum absolute atomic E-state index is 11.2. The van der Waals surface area contributed by atoms with Crippen molar-refractivity contribution in [2.24, 2.45) is 0 Å². The van der Waals surface area contributed by atoms with Gasteiger partial charge in [0.05, 0.1) is 33.4 Å². The van der Waals surface area contributed by atoms with Crippen LogP contribution in [0.4, 0.5) is 0 Å². The molecule has 1 N–H and O–H groups in total. The largest absolute Gasteiger partial charge is 0.491 e. The second-order valence-corrected chi connectivity index (χ2v) is 4.31. The third-order valence-electron chi connectivity index (χ3n) is 2.57. The molecule has 1 aromatic rings. The Kier molecular flexibility index (Phi) is 8.63. The lowest BCUT2D eigenvalue weighted by Gasteiger charge is -2.08. The summed E-state index contributed by atoms with van der Waals surface area (Å²) >= 11 is 0. The third-order valence-corrected chi connectivity index (χ3v) is 2.57. The number of ether oxygens (including phenoxy) is 4. The molecular weight excluding hydrogens is 292 g/mol. The van der Waals surface area contributed by atoms with Crippen molar-refractivity contribution in [1.82, 2.24) is 0 Å². The smallest absolute Gasteiger partial charge is 0.329 e. The summed E-state index contributed by atoms with van der Waals surface area (Å²) in [7, 11) is 1.35. The highest BCUT2D eigenvalue weighted by molar-refractivity contribution is 5.72. The van der Waals surface area contributed by atoms with Gasteiger partial charge in [0.2, 0.25) is 0 Å². The number of carbonyl (C=O) groups is 2. The minimum Gasteiger partial charge on any atom is -0.491 e. The van der Waals surface area contributed by atoms with E-state index in [0.29, 0.717) is 25.6 Å². The summed E-state index contributed by atoms with van der Waals surface area (Å²) in [6.45, 7) is 0.908. The molecule has 0 aliphatic rings. The number of hydrogen-bond donors (Lipinski definition) is 1. The number of esters is 1. The van der Waals surface area contributed by atoms with Gasteiger partial charge in [-0.1, -0.05) is 12.1 Å². The van der Waals surface area contributed by atoms with E-state index in [2.05, 4.69) is 4.74 Å². The number of aliphatic carboxylic acids is 1. The lowest BCUT2D eigenvalue weighted by Crippen LogP contribution is -2.14. The van der Waals surface area contributed by atoms with Gasteiger partial charge in [-0.3, -0.25) is 4.79 Å². The zero-order chi connectivity index (χ0) is 16.2. The highest BCUT2D eigenvalue weighted by Gasteiger charge is 2.04. The van der Waals surface area contributed by atoms with Crippen LogP contribution in [0.2, 0.25) is 0 Å². The van der Waals surface area contributed by atoms with E-state index in [4.69, 9.17) is 19.3 Å². The van der Waals surface area contributed by atoms with E-state index >= 15 is 0 Å². The summed E-state index contributed by atoms with van der Waals surface area (Å²) in [5.41, 5.74) is 0.812. The monoisotopic (exact) mass is 312 g/mol. The number of methoxy groups -OCH3 is 1. The van der Waals surface area contributed by atoms with E-state index < -0.39 is 5.97 Å². The Hall–Kier alpha value is -2.12. The van der Waals surface area contributed by atoms with E-state index in [-0.39, 0.29) is 25.6 Å². The highest BCUT2D eigenvalue weighted by atomic mass is 16.5. The Morgan fingerprint density at radius 2 is 1.82 bits per heavy atom. The minimum atomic E-state index is -1.00. The molecule has 122 valence electrons. The van der Waals surface area contributed by atoms with Crippen LogP contribution in [0.15, 0.2) is 24.3 Å². The molecule has 1 aromatic carbocycles. The molecule has 0 aromatic heterocycles. The lowest BCUT2D eigenvalue weighted by molar-refractivity contribution is -0.143. The lowest BCUT2D eigenvalue weighted by atomic mass is 10.1. The minimum absolute atomic E-state index is 0.200. The van der Waals surface area contributed by atoms with Gasteiger partial charge in [0.1, 0.15) is 19.0 Å². The molecule has 7 heteroatoms. The average Bonchev–Trinajstić information content (AvgIpc) is 2.50. The van der Waals surface area contributed by atoms with Gasteiger partial charge in [-0.05, 0) is 17.7 Å². The van der Waals surface area contributed by atoms with Crippen LogP contribution in [0.25, 0.3) is 0 Å². The Morgan fingerprint density at radius 1 is 1.09 bits per heavy atom. The normalized spacial score (nSPS) is 10.2. The molecule has 0 fully saturated rings. The fourth-order valence-electron chi connectivity index (χ4n) is 1.58. The first kappa shape index (κ1) is 17.9. The molecule has 0 spiro atoms. The Morgan fingerprint density at radius 3 is 2.55 bits per heavy atom. The van der Waals surface area contributed by atoms with Crippen molar-refractivity contribution in [1.29, 1.82) is 0 Å². The number of benzene rings is 1. The molecule has 0 aliphatic heterocycles. The molecular formula is C15H20O7. The summed E-state index contributed by atoms with van der Waals surface area (Å²) in [4.78, 5) is 21.4. The number of rotatable bonds is 11. The third kappa shape index (κ3) is 8.23. The average molecular weight is 312 g/mol. The summed E-state index contributed by atoms with van der Waals surface area (Å²) in [6, 6.07) is 7.18. The van der Waals surface area contributed by atoms with Crippen molar-refractivity contribution in [3.63, 3.8) is 0 Å². The Bertz CT molecular complexity index is 473. The van der Waals surface area contributed by atoms with Crippen molar-refractivity contribution in [2.45, 2.75) is 6.42 Å². The standard InChI is InChI=1S/C15H20O7/c1-19-15(18)10-12-3-2-4-13(9-12)22-8-7-20-5-6-21-11-14(16)17/h2-4,9H,5-8,10-11H2,1H3,(H,16,17). The zero-order valence-corrected chi connectivity index (χ0v) is 12.4. The van der Waals surface area contributed by atoms with Crippen LogP contribution in [-0.2, 0) is 30.2 Å². The number of hydrogen-bond acceptors (Lipinski definition) is 6. The van der Waals surface area contributed by atoms with Crippen molar-refractivity contribution >= 4 is 11.9 Å². The topological polar surface area (TPSA) is 91.3 Å². The van der Waals surface area contributed by atoms with Gasteiger partial charge in [-0.15, -0.1) is 0 Å². The summed E-state index contributed by atoms with van der Waals surface area (Å²) in [5, 5.41) is 8.36. The zero-order valence-electron chi connectivity index (χ0n) is 12.4. The first-order valence-electron chi connectivity index (χ1n) is 6.77. The van der Waals surface area contributed by atoms with Crippen molar-refractivity contribution in [2.75, 3.05) is 40.1 Å². The van der Waals surface area contributed by atoms with Gasteiger partial charge in [-0.2, -0.15) is 0 Å². The first-order chi connectivity index (χ1) is 10.6. The predicted molar refractivity (Wildman–Crippen MR) is 76.9 cm³/mol. The molecule has 0 radical (unpaired) electrons. The molecule has 0 heterocycles. The summed E-state index contributed by atoms with van der Waals surface area (Å²) in [6.07, 6.45) is 0.200.